The average molecular weight is 319 g/mol. The van der Waals surface area contributed by atoms with Crippen LogP contribution in [0.1, 0.15) is 0 Å². The van der Waals surface area contributed by atoms with Gasteiger partial charge in [-0.25, -0.2) is 9.59 Å². The minimum atomic E-state index is -1.09. The second kappa shape index (κ2) is 5.88. The van der Waals surface area contributed by atoms with Gasteiger partial charge in [0.05, 0.1) is 24.2 Å². The highest BCUT2D eigenvalue weighted by atomic mass is 16.5. The van der Waals surface area contributed by atoms with E-state index in [2.05, 4.69) is 0 Å². The number of para-hydroxylation sites is 2. The van der Waals surface area contributed by atoms with E-state index >= 15 is 0 Å². The molecule has 1 aliphatic rings. The molecule has 1 atom stereocenters. The van der Waals surface area contributed by atoms with Gasteiger partial charge in [-0.2, -0.15) is 0 Å². The number of carboxylic acids is 1. The Morgan fingerprint density at radius 2 is 2.00 bits per heavy atom. The predicted molar refractivity (Wildman–Crippen MR) is 81.1 cm³/mol. The molecule has 0 saturated carbocycles. The lowest BCUT2D eigenvalue weighted by atomic mass is 10.2. The van der Waals surface area contributed by atoms with Crippen molar-refractivity contribution >= 4 is 22.9 Å². The van der Waals surface area contributed by atoms with E-state index in [-0.39, 0.29) is 31.3 Å². The highest BCUT2D eigenvalue weighted by molar-refractivity contribution is 5.82. The van der Waals surface area contributed by atoms with E-state index in [0.29, 0.717) is 12.1 Å². The van der Waals surface area contributed by atoms with Gasteiger partial charge < -0.3 is 14.7 Å². The number of morpholine rings is 1. The largest absolute Gasteiger partial charge is 0.479 e. The van der Waals surface area contributed by atoms with E-state index in [9.17, 15) is 14.4 Å². The average Bonchev–Trinajstić information content (AvgIpc) is 2.80. The SMILES string of the molecule is Cn1c(=O)n(CC(=O)N2CCOC(C(=O)O)C2)c2ccccc21. The number of fused-ring (bicyclic) bond motifs is 1. The van der Waals surface area contributed by atoms with Crippen LogP contribution in [0.3, 0.4) is 0 Å². The highest BCUT2D eigenvalue weighted by Crippen LogP contribution is 2.13. The van der Waals surface area contributed by atoms with Crippen molar-refractivity contribution < 1.29 is 19.4 Å². The van der Waals surface area contributed by atoms with E-state index in [1.54, 1.807) is 19.2 Å². The molecule has 8 nitrogen and oxygen atoms in total. The van der Waals surface area contributed by atoms with Crippen LogP contribution < -0.4 is 5.69 Å². The van der Waals surface area contributed by atoms with Crippen LogP contribution in [-0.4, -0.2) is 56.8 Å². The summed E-state index contributed by atoms with van der Waals surface area (Å²) in [7, 11) is 1.65. The molecular weight excluding hydrogens is 302 g/mol. The second-order valence-electron chi connectivity index (χ2n) is 5.45. The number of hydrogen-bond acceptors (Lipinski definition) is 4. The van der Waals surface area contributed by atoms with Gasteiger partial charge in [0.1, 0.15) is 6.54 Å². The molecule has 1 N–H and O–H groups in total. The van der Waals surface area contributed by atoms with Crippen LogP contribution in [0.15, 0.2) is 29.1 Å². The van der Waals surface area contributed by atoms with Crippen LogP contribution in [0.5, 0.6) is 0 Å². The van der Waals surface area contributed by atoms with Gasteiger partial charge in [-0.05, 0) is 12.1 Å². The van der Waals surface area contributed by atoms with Crippen LogP contribution in [0.25, 0.3) is 11.0 Å². The smallest absolute Gasteiger partial charge is 0.334 e. The lowest BCUT2D eigenvalue weighted by Crippen LogP contribution is -2.49. The molecular formula is C15H17N3O5. The maximum atomic E-state index is 12.4. The molecule has 2 heterocycles. The zero-order valence-corrected chi connectivity index (χ0v) is 12.6. The van der Waals surface area contributed by atoms with E-state index in [1.807, 2.05) is 12.1 Å². The molecule has 122 valence electrons. The van der Waals surface area contributed by atoms with E-state index in [0.717, 1.165) is 5.52 Å². The fraction of sp³-hybridized carbons (Fsp3) is 0.400. The first-order chi connectivity index (χ1) is 11.0. The lowest BCUT2D eigenvalue weighted by Gasteiger charge is -2.30. The summed E-state index contributed by atoms with van der Waals surface area (Å²) in [5.41, 5.74) is 1.15. The Morgan fingerprint density at radius 1 is 1.30 bits per heavy atom. The monoisotopic (exact) mass is 319 g/mol. The zero-order valence-electron chi connectivity index (χ0n) is 12.6. The summed E-state index contributed by atoms with van der Waals surface area (Å²) in [6.07, 6.45) is -1.02. The maximum absolute atomic E-state index is 12.4. The first-order valence-electron chi connectivity index (χ1n) is 7.25. The van der Waals surface area contributed by atoms with Crippen molar-refractivity contribution in [2.75, 3.05) is 19.7 Å². The van der Waals surface area contributed by atoms with Gasteiger partial charge in [0.25, 0.3) is 0 Å². The van der Waals surface area contributed by atoms with Gasteiger partial charge in [0.15, 0.2) is 6.10 Å². The molecule has 23 heavy (non-hydrogen) atoms. The van der Waals surface area contributed by atoms with Crippen LogP contribution in [0.4, 0.5) is 0 Å². The molecule has 3 rings (SSSR count). The standard InChI is InChI=1S/C15H17N3O5/c1-16-10-4-2-3-5-11(10)18(15(16)22)9-13(19)17-6-7-23-12(8-17)14(20)21/h2-5,12H,6-9H2,1H3,(H,20,21). The Hall–Kier alpha value is -2.61. The van der Waals surface area contributed by atoms with Gasteiger partial charge in [0, 0.05) is 13.6 Å². The van der Waals surface area contributed by atoms with Gasteiger partial charge in [-0.1, -0.05) is 12.1 Å². The van der Waals surface area contributed by atoms with Crippen molar-refractivity contribution in [1.82, 2.24) is 14.0 Å². The predicted octanol–water partition coefficient (Wildman–Crippen LogP) is -0.348. The third kappa shape index (κ3) is 2.72. The Balaban J connectivity index is 1.85. The van der Waals surface area contributed by atoms with Gasteiger partial charge >= 0.3 is 11.7 Å². The van der Waals surface area contributed by atoms with Crippen molar-refractivity contribution in [2.45, 2.75) is 12.6 Å². The quantitative estimate of drug-likeness (QED) is 0.835. The third-order valence-corrected chi connectivity index (χ3v) is 4.04. The van der Waals surface area contributed by atoms with E-state index in [4.69, 9.17) is 9.84 Å². The number of aromatic nitrogens is 2. The van der Waals surface area contributed by atoms with Crippen molar-refractivity contribution in [3.05, 3.63) is 34.7 Å². The highest BCUT2D eigenvalue weighted by Gasteiger charge is 2.29. The molecule has 1 fully saturated rings. The summed E-state index contributed by atoms with van der Waals surface area (Å²) >= 11 is 0. The number of nitrogens with zero attached hydrogens (tertiary/aromatic N) is 3. The normalized spacial score (nSPS) is 18.3. The Kier molecular flexibility index (Phi) is 3.91. The molecule has 0 radical (unpaired) electrons. The first kappa shape index (κ1) is 15.3. The maximum Gasteiger partial charge on any atom is 0.334 e. The summed E-state index contributed by atoms with van der Waals surface area (Å²) in [6, 6.07) is 7.22. The van der Waals surface area contributed by atoms with Crippen LogP contribution in [0, 0.1) is 0 Å². The molecule has 1 unspecified atom stereocenters. The zero-order chi connectivity index (χ0) is 16.6. The van der Waals surface area contributed by atoms with Crippen LogP contribution in [0.2, 0.25) is 0 Å². The molecule has 0 bridgehead atoms. The summed E-state index contributed by atoms with van der Waals surface area (Å²) in [6.45, 7) is 0.371. The molecule has 0 spiro atoms. The van der Waals surface area contributed by atoms with Crippen molar-refractivity contribution in [3.63, 3.8) is 0 Å². The number of aliphatic carboxylic acids is 1. The number of rotatable bonds is 3. The number of carbonyl (C=O) groups excluding carboxylic acids is 1. The number of ether oxygens (including phenoxy) is 1. The van der Waals surface area contributed by atoms with Crippen LogP contribution in [-0.2, 0) is 27.9 Å². The van der Waals surface area contributed by atoms with Crippen molar-refractivity contribution in [2.24, 2.45) is 7.05 Å². The Bertz CT molecular complexity index is 822. The third-order valence-electron chi connectivity index (χ3n) is 4.04. The number of imidazole rings is 1. The first-order valence-corrected chi connectivity index (χ1v) is 7.25. The number of carbonyl (C=O) groups is 2. The molecule has 1 aromatic heterocycles. The minimum absolute atomic E-state index is 0.00627. The fourth-order valence-electron chi connectivity index (χ4n) is 2.78. The Morgan fingerprint density at radius 3 is 2.70 bits per heavy atom. The van der Waals surface area contributed by atoms with Gasteiger partial charge in [0.2, 0.25) is 5.91 Å². The lowest BCUT2D eigenvalue weighted by molar-refractivity contribution is -0.159. The van der Waals surface area contributed by atoms with E-state index < -0.39 is 12.1 Å². The Labute approximate surface area is 131 Å². The molecule has 0 aliphatic carbocycles. The van der Waals surface area contributed by atoms with Crippen molar-refractivity contribution in [1.29, 1.82) is 0 Å². The minimum Gasteiger partial charge on any atom is -0.479 e. The fourth-order valence-corrected chi connectivity index (χ4v) is 2.78. The summed E-state index contributed by atoms with van der Waals surface area (Å²) in [5, 5.41) is 8.99. The molecule has 1 aromatic carbocycles. The molecule has 1 aliphatic heterocycles. The molecule has 2 aromatic rings. The topological polar surface area (TPSA) is 93.8 Å². The number of hydrogen-bond donors (Lipinski definition) is 1. The van der Waals surface area contributed by atoms with Gasteiger partial charge in [-0.15, -0.1) is 0 Å². The molecule has 8 heteroatoms. The van der Waals surface area contributed by atoms with Crippen molar-refractivity contribution in [3.8, 4) is 0 Å². The van der Waals surface area contributed by atoms with E-state index in [1.165, 1.54) is 14.0 Å². The summed E-state index contributed by atoms with van der Waals surface area (Å²) in [5.74, 6) is -1.39. The molecule has 1 saturated heterocycles. The van der Waals surface area contributed by atoms with Crippen LogP contribution >= 0.6 is 0 Å². The summed E-state index contributed by atoms with van der Waals surface area (Å²) in [4.78, 5) is 37.2. The number of benzene rings is 1. The number of amides is 1. The summed E-state index contributed by atoms with van der Waals surface area (Å²) < 4.78 is 8.00. The van der Waals surface area contributed by atoms with Gasteiger partial charge in [-0.3, -0.25) is 13.9 Å². The second-order valence-corrected chi connectivity index (χ2v) is 5.45. The number of carboxylic acid groups (broad SMARTS) is 1. The molecule has 1 amide bonds. The number of aryl methyl sites for hydroxylation is 1.